The van der Waals surface area contributed by atoms with Crippen LogP contribution in [0, 0.1) is 0 Å². The maximum absolute atomic E-state index is 9.08. The van der Waals surface area contributed by atoms with Gasteiger partial charge in [0.25, 0.3) is 0 Å². The van der Waals surface area contributed by atoms with E-state index < -0.39 is 0 Å². The van der Waals surface area contributed by atoms with Gasteiger partial charge in [0.2, 0.25) is 0 Å². The molecule has 0 saturated heterocycles. The standard InChI is InChI=1S/C13H14N2O2S/c16-7-10-8-18-13(15-10)11-3-1-2-9-6-14-4-5-17-12(9)11/h1-3,8,14,16H,4-7H2. The highest BCUT2D eigenvalue weighted by atomic mass is 32.1. The van der Waals surface area contributed by atoms with Crippen molar-refractivity contribution in [2.45, 2.75) is 13.2 Å². The van der Waals surface area contributed by atoms with E-state index in [0.717, 1.165) is 35.0 Å². The van der Waals surface area contributed by atoms with Crippen LogP contribution in [-0.4, -0.2) is 23.2 Å². The summed E-state index contributed by atoms with van der Waals surface area (Å²) in [6.07, 6.45) is 0. The smallest absolute Gasteiger partial charge is 0.134 e. The monoisotopic (exact) mass is 262 g/mol. The van der Waals surface area contributed by atoms with E-state index in [1.807, 2.05) is 17.5 Å². The summed E-state index contributed by atoms with van der Waals surface area (Å²) in [4.78, 5) is 4.41. The van der Waals surface area contributed by atoms with E-state index in [2.05, 4.69) is 16.4 Å². The molecule has 2 N–H and O–H groups in total. The van der Waals surface area contributed by atoms with Crippen LogP contribution in [0.1, 0.15) is 11.3 Å². The number of benzene rings is 1. The highest BCUT2D eigenvalue weighted by molar-refractivity contribution is 7.13. The Bertz CT molecular complexity index is 554. The summed E-state index contributed by atoms with van der Waals surface area (Å²) in [5, 5.41) is 15.2. The first kappa shape index (κ1) is 11.6. The Morgan fingerprint density at radius 2 is 2.39 bits per heavy atom. The number of hydrogen-bond donors (Lipinski definition) is 2. The molecule has 0 amide bonds. The minimum Gasteiger partial charge on any atom is -0.491 e. The lowest BCUT2D eigenvalue weighted by Gasteiger charge is -2.10. The number of para-hydroxylation sites is 1. The first-order chi connectivity index (χ1) is 8.88. The number of aromatic nitrogens is 1. The molecule has 0 bridgehead atoms. The van der Waals surface area contributed by atoms with E-state index in [9.17, 15) is 0 Å². The molecule has 0 fully saturated rings. The van der Waals surface area contributed by atoms with Crippen molar-refractivity contribution in [1.82, 2.24) is 10.3 Å². The zero-order chi connectivity index (χ0) is 12.4. The maximum Gasteiger partial charge on any atom is 0.134 e. The molecule has 18 heavy (non-hydrogen) atoms. The van der Waals surface area contributed by atoms with Crippen LogP contribution in [0.15, 0.2) is 23.6 Å². The zero-order valence-electron chi connectivity index (χ0n) is 9.85. The van der Waals surface area contributed by atoms with Crippen LogP contribution in [0.5, 0.6) is 5.75 Å². The van der Waals surface area contributed by atoms with E-state index >= 15 is 0 Å². The Morgan fingerprint density at radius 3 is 3.22 bits per heavy atom. The first-order valence-corrected chi connectivity index (χ1v) is 6.77. The molecule has 94 valence electrons. The minimum absolute atomic E-state index is 0.0199. The van der Waals surface area contributed by atoms with Crippen molar-refractivity contribution in [2.24, 2.45) is 0 Å². The largest absolute Gasteiger partial charge is 0.491 e. The van der Waals surface area contributed by atoms with Gasteiger partial charge in [0, 0.05) is 24.0 Å². The number of hydrogen-bond acceptors (Lipinski definition) is 5. The molecule has 0 radical (unpaired) electrons. The molecule has 1 aliphatic heterocycles. The topological polar surface area (TPSA) is 54.4 Å². The van der Waals surface area contributed by atoms with E-state index in [-0.39, 0.29) is 6.61 Å². The quantitative estimate of drug-likeness (QED) is 0.866. The lowest BCUT2D eigenvalue weighted by atomic mass is 10.1. The predicted octanol–water partition coefficient (Wildman–Crippen LogP) is 1.78. The summed E-state index contributed by atoms with van der Waals surface area (Å²) in [6, 6.07) is 6.10. The summed E-state index contributed by atoms with van der Waals surface area (Å²) >= 11 is 1.54. The van der Waals surface area contributed by atoms with E-state index in [4.69, 9.17) is 9.84 Å². The van der Waals surface area contributed by atoms with Gasteiger partial charge in [-0.1, -0.05) is 12.1 Å². The predicted molar refractivity (Wildman–Crippen MR) is 70.7 cm³/mol. The summed E-state index contributed by atoms with van der Waals surface area (Å²) in [6.45, 7) is 2.32. The summed E-state index contributed by atoms with van der Waals surface area (Å²) in [7, 11) is 0. The molecule has 0 spiro atoms. The highest BCUT2D eigenvalue weighted by Crippen LogP contribution is 2.35. The second-order valence-electron chi connectivity index (χ2n) is 4.12. The van der Waals surface area contributed by atoms with Crippen LogP contribution >= 0.6 is 11.3 Å². The third-order valence-corrected chi connectivity index (χ3v) is 3.81. The number of aliphatic hydroxyl groups excluding tert-OH is 1. The normalized spacial score (nSPS) is 14.7. The van der Waals surface area contributed by atoms with Gasteiger partial charge < -0.3 is 15.2 Å². The Labute approximate surface area is 109 Å². The number of thiazole rings is 1. The minimum atomic E-state index is -0.0199. The van der Waals surface area contributed by atoms with Crippen molar-refractivity contribution < 1.29 is 9.84 Å². The number of nitrogens with zero attached hydrogens (tertiary/aromatic N) is 1. The maximum atomic E-state index is 9.08. The summed E-state index contributed by atoms with van der Waals surface area (Å²) in [5.41, 5.74) is 2.88. The fraction of sp³-hybridized carbons (Fsp3) is 0.308. The van der Waals surface area contributed by atoms with Crippen LogP contribution < -0.4 is 10.1 Å². The first-order valence-electron chi connectivity index (χ1n) is 5.89. The van der Waals surface area contributed by atoms with Crippen LogP contribution in [0.25, 0.3) is 10.6 Å². The molecule has 0 atom stereocenters. The van der Waals surface area contributed by atoms with Gasteiger partial charge in [-0.05, 0) is 6.07 Å². The highest BCUT2D eigenvalue weighted by Gasteiger charge is 2.16. The molecular formula is C13H14N2O2S. The zero-order valence-corrected chi connectivity index (χ0v) is 10.7. The molecule has 1 aromatic heterocycles. The number of nitrogens with one attached hydrogen (secondary N) is 1. The Morgan fingerprint density at radius 1 is 1.44 bits per heavy atom. The second-order valence-corrected chi connectivity index (χ2v) is 4.98. The number of aliphatic hydroxyl groups is 1. The van der Waals surface area contributed by atoms with Gasteiger partial charge >= 0.3 is 0 Å². The van der Waals surface area contributed by atoms with Gasteiger partial charge in [-0.15, -0.1) is 11.3 Å². The Balaban J connectivity index is 2.06. The van der Waals surface area contributed by atoms with Gasteiger partial charge in [-0.25, -0.2) is 4.98 Å². The summed E-state index contributed by atoms with van der Waals surface area (Å²) in [5.74, 6) is 0.918. The van der Waals surface area contributed by atoms with Crippen molar-refractivity contribution in [3.05, 3.63) is 34.8 Å². The molecule has 0 aliphatic carbocycles. The van der Waals surface area contributed by atoms with Crippen molar-refractivity contribution >= 4 is 11.3 Å². The van der Waals surface area contributed by atoms with Crippen molar-refractivity contribution in [2.75, 3.05) is 13.2 Å². The van der Waals surface area contributed by atoms with Crippen LogP contribution in [-0.2, 0) is 13.2 Å². The van der Waals surface area contributed by atoms with Crippen molar-refractivity contribution in [3.8, 4) is 16.3 Å². The molecule has 5 heteroatoms. The number of rotatable bonds is 2. The van der Waals surface area contributed by atoms with Gasteiger partial charge in [0.1, 0.15) is 17.4 Å². The van der Waals surface area contributed by atoms with Crippen LogP contribution in [0.4, 0.5) is 0 Å². The van der Waals surface area contributed by atoms with Crippen LogP contribution in [0.2, 0.25) is 0 Å². The average Bonchev–Trinajstić information content (AvgIpc) is 2.75. The molecule has 2 heterocycles. The van der Waals surface area contributed by atoms with Gasteiger partial charge in [0.05, 0.1) is 17.9 Å². The third-order valence-electron chi connectivity index (χ3n) is 2.88. The fourth-order valence-electron chi connectivity index (χ4n) is 2.01. The molecule has 0 unspecified atom stereocenters. The molecular weight excluding hydrogens is 248 g/mol. The van der Waals surface area contributed by atoms with E-state index in [1.165, 1.54) is 11.3 Å². The lowest BCUT2D eigenvalue weighted by molar-refractivity contribution is 0.277. The average molecular weight is 262 g/mol. The number of ether oxygens (including phenoxy) is 1. The number of fused-ring (bicyclic) bond motifs is 1. The summed E-state index contributed by atoms with van der Waals surface area (Å²) < 4.78 is 5.82. The third kappa shape index (κ3) is 2.12. The Hall–Kier alpha value is -1.43. The van der Waals surface area contributed by atoms with Crippen molar-refractivity contribution in [3.63, 3.8) is 0 Å². The van der Waals surface area contributed by atoms with Crippen LogP contribution in [0.3, 0.4) is 0 Å². The SMILES string of the molecule is OCc1csc(-c2cccc3c2OCCNC3)n1. The van der Waals surface area contributed by atoms with E-state index in [1.54, 1.807) is 0 Å². The van der Waals surface area contributed by atoms with Gasteiger partial charge in [0.15, 0.2) is 0 Å². The van der Waals surface area contributed by atoms with E-state index in [0.29, 0.717) is 12.3 Å². The second kappa shape index (κ2) is 5.06. The molecule has 3 rings (SSSR count). The van der Waals surface area contributed by atoms with Gasteiger partial charge in [-0.3, -0.25) is 0 Å². The Kier molecular flexibility index (Phi) is 3.27. The molecule has 1 aliphatic rings. The lowest BCUT2D eigenvalue weighted by Crippen LogP contribution is -2.16. The molecule has 2 aromatic rings. The molecule has 1 aromatic carbocycles. The van der Waals surface area contributed by atoms with Gasteiger partial charge in [-0.2, -0.15) is 0 Å². The fourth-order valence-corrected chi connectivity index (χ4v) is 2.85. The molecule has 0 saturated carbocycles. The molecule has 4 nitrogen and oxygen atoms in total. The van der Waals surface area contributed by atoms with Crippen molar-refractivity contribution in [1.29, 1.82) is 0 Å².